The number of carbonyl (C=O) groups is 1. The van der Waals surface area contributed by atoms with Gasteiger partial charge in [0, 0.05) is 40.2 Å². The molecule has 6 heteroatoms. The second-order valence-electron chi connectivity index (χ2n) is 3.49. The van der Waals surface area contributed by atoms with Crippen molar-refractivity contribution in [2.24, 2.45) is 0 Å². The smallest absolute Gasteiger partial charge is 0.377 e. The minimum absolute atomic E-state index is 0.154. The lowest BCUT2D eigenvalue weighted by Crippen LogP contribution is -2.43. The van der Waals surface area contributed by atoms with Gasteiger partial charge in [-0.25, -0.2) is 0 Å². The zero-order valence-corrected chi connectivity index (χ0v) is 10.4. The van der Waals surface area contributed by atoms with E-state index in [0.29, 0.717) is 25.5 Å². The molecule has 0 aromatic rings. The van der Waals surface area contributed by atoms with Gasteiger partial charge in [-0.2, -0.15) is 0 Å². The van der Waals surface area contributed by atoms with Gasteiger partial charge in [0.15, 0.2) is 0 Å². The van der Waals surface area contributed by atoms with Crippen LogP contribution in [-0.4, -0.2) is 48.6 Å². The van der Waals surface area contributed by atoms with E-state index in [1.807, 2.05) is 0 Å². The number of epoxide rings is 1. The fourth-order valence-electron chi connectivity index (χ4n) is 1.39. The van der Waals surface area contributed by atoms with Gasteiger partial charge in [0.1, 0.15) is 5.78 Å². The Morgan fingerprint density at radius 2 is 1.87 bits per heavy atom. The molecule has 0 aromatic heterocycles. The van der Waals surface area contributed by atoms with E-state index < -0.39 is 8.80 Å². The van der Waals surface area contributed by atoms with E-state index in [4.69, 9.17) is 18.0 Å². The molecule has 5 nitrogen and oxygen atoms in total. The Morgan fingerprint density at radius 3 is 2.27 bits per heavy atom. The molecule has 0 bridgehead atoms. The first kappa shape index (κ1) is 12.8. The molecule has 15 heavy (non-hydrogen) atoms. The summed E-state index contributed by atoms with van der Waals surface area (Å²) in [5.74, 6) is 0.181. The van der Waals surface area contributed by atoms with E-state index in [2.05, 4.69) is 0 Å². The van der Waals surface area contributed by atoms with Crippen molar-refractivity contribution in [3.63, 3.8) is 0 Å². The monoisotopic (exact) mass is 234 g/mol. The van der Waals surface area contributed by atoms with Gasteiger partial charge < -0.3 is 18.0 Å². The lowest BCUT2D eigenvalue weighted by Gasteiger charge is -2.23. The number of Topliss-reactive ketones (excluding diaryl/α,β-unsaturated/α-hetero) is 1. The Balaban J connectivity index is 2.28. The van der Waals surface area contributed by atoms with Crippen molar-refractivity contribution in [2.75, 3.05) is 27.9 Å². The molecule has 1 saturated heterocycles. The van der Waals surface area contributed by atoms with Crippen molar-refractivity contribution in [1.29, 1.82) is 0 Å². The van der Waals surface area contributed by atoms with E-state index in [-0.39, 0.29) is 11.9 Å². The Hall–Kier alpha value is -0.273. The molecule has 0 saturated carbocycles. The lowest BCUT2D eigenvalue weighted by atomic mass is 10.2. The zero-order valence-electron chi connectivity index (χ0n) is 9.45. The molecule has 1 atom stereocenters. The fraction of sp³-hybridized carbons (Fsp3) is 0.889. The first-order valence-corrected chi connectivity index (χ1v) is 6.87. The molecule has 1 unspecified atom stereocenters. The molecule has 1 heterocycles. The van der Waals surface area contributed by atoms with Crippen LogP contribution in [0.25, 0.3) is 0 Å². The molecule has 0 radical (unpaired) electrons. The standard InChI is InChI=1S/C9H18O5Si/c1-11-15(12-2,13-3)5-4-8(10)6-9-7-14-9/h9H,4-7H2,1-3H3. The average Bonchev–Trinajstić information content (AvgIpc) is 3.05. The van der Waals surface area contributed by atoms with Crippen LogP contribution in [0, 0.1) is 0 Å². The number of ether oxygens (including phenoxy) is 1. The lowest BCUT2D eigenvalue weighted by molar-refractivity contribution is -0.119. The third kappa shape index (κ3) is 4.00. The molecule has 0 N–H and O–H groups in total. The predicted molar refractivity (Wildman–Crippen MR) is 55.6 cm³/mol. The molecule has 0 amide bonds. The van der Waals surface area contributed by atoms with E-state index >= 15 is 0 Å². The second kappa shape index (κ2) is 5.71. The molecule has 1 aliphatic heterocycles. The van der Waals surface area contributed by atoms with Crippen LogP contribution in [0.15, 0.2) is 0 Å². The molecule has 88 valence electrons. The molecular weight excluding hydrogens is 216 g/mol. The normalized spacial score (nSPS) is 20.3. The number of rotatable bonds is 8. The van der Waals surface area contributed by atoms with Crippen LogP contribution >= 0.6 is 0 Å². The summed E-state index contributed by atoms with van der Waals surface area (Å²) in [5, 5.41) is 0. The highest BCUT2D eigenvalue weighted by atomic mass is 28.4. The van der Waals surface area contributed by atoms with Gasteiger partial charge in [0.05, 0.1) is 12.7 Å². The van der Waals surface area contributed by atoms with Gasteiger partial charge in [-0.1, -0.05) is 0 Å². The highest BCUT2D eigenvalue weighted by Crippen LogP contribution is 2.19. The van der Waals surface area contributed by atoms with Crippen LogP contribution in [0.4, 0.5) is 0 Å². The van der Waals surface area contributed by atoms with Crippen molar-refractivity contribution in [3.05, 3.63) is 0 Å². The molecule has 1 aliphatic rings. The first-order valence-electron chi connectivity index (χ1n) is 4.94. The maximum absolute atomic E-state index is 11.5. The van der Waals surface area contributed by atoms with Crippen LogP contribution in [0.1, 0.15) is 12.8 Å². The molecule has 1 fully saturated rings. The summed E-state index contributed by atoms with van der Waals surface area (Å²) in [6, 6.07) is 0.530. The number of hydrogen-bond acceptors (Lipinski definition) is 5. The minimum Gasteiger partial charge on any atom is -0.377 e. The Labute approximate surface area is 91.0 Å². The highest BCUT2D eigenvalue weighted by Gasteiger charge is 2.38. The molecule has 0 aliphatic carbocycles. The maximum Gasteiger partial charge on any atom is 0.500 e. The number of hydrogen-bond donors (Lipinski definition) is 0. The van der Waals surface area contributed by atoms with Crippen molar-refractivity contribution >= 4 is 14.6 Å². The van der Waals surface area contributed by atoms with E-state index in [1.165, 1.54) is 0 Å². The summed E-state index contributed by atoms with van der Waals surface area (Å²) in [6.07, 6.45) is 1.09. The Kier molecular flexibility index (Phi) is 4.87. The number of ketones is 1. The van der Waals surface area contributed by atoms with Gasteiger partial charge in [0.2, 0.25) is 0 Å². The van der Waals surface area contributed by atoms with Gasteiger partial charge in [0.25, 0.3) is 0 Å². The second-order valence-corrected chi connectivity index (χ2v) is 6.58. The number of carbonyl (C=O) groups excluding carboxylic acids is 1. The summed E-state index contributed by atoms with van der Waals surface area (Å²) in [4.78, 5) is 11.5. The average molecular weight is 234 g/mol. The Bertz CT molecular complexity index is 204. The van der Waals surface area contributed by atoms with Crippen molar-refractivity contribution in [1.82, 2.24) is 0 Å². The summed E-state index contributed by atoms with van der Waals surface area (Å²) in [5.41, 5.74) is 0. The van der Waals surface area contributed by atoms with Gasteiger partial charge in [-0.05, 0) is 0 Å². The SMILES string of the molecule is CO[Si](CCC(=O)CC1CO1)(OC)OC. The fourth-order valence-corrected chi connectivity index (χ4v) is 3.09. The first-order chi connectivity index (χ1) is 7.15. The van der Waals surface area contributed by atoms with Gasteiger partial charge in [-0.3, -0.25) is 4.79 Å². The largest absolute Gasteiger partial charge is 0.500 e. The third-order valence-corrected chi connectivity index (χ3v) is 5.23. The maximum atomic E-state index is 11.5. The van der Waals surface area contributed by atoms with Crippen molar-refractivity contribution in [3.8, 4) is 0 Å². The Morgan fingerprint density at radius 1 is 1.33 bits per heavy atom. The molecule has 1 rings (SSSR count). The van der Waals surface area contributed by atoms with Crippen LogP contribution in [0.5, 0.6) is 0 Å². The predicted octanol–water partition coefficient (Wildman–Crippen LogP) is 0.613. The summed E-state index contributed by atoms with van der Waals surface area (Å²) < 4.78 is 20.6. The van der Waals surface area contributed by atoms with Crippen LogP contribution in [-0.2, 0) is 22.8 Å². The van der Waals surface area contributed by atoms with Gasteiger partial charge in [-0.15, -0.1) is 0 Å². The quantitative estimate of drug-likeness (QED) is 0.455. The molecule has 0 spiro atoms. The van der Waals surface area contributed by atoms with Crippen LogP contribution < -0.4 is 0 Å². The van der Waals surface area contributed by atoms with Crippen molar-refractivity contribution < 1.29 is 22.8 Å². The van der Waals surface area contributed by atoms with Crippen LogP contribution in [0.2, 0.25) is 6.04 Å². The molecule has 0 aromatic carbocycles. The summed E-state index contributed by atoms with van der Waals surface area (Å²) in [7, 11) is 2.08. The van der Waals surface area contributed by atoms with E-state index in [0.717, 1.165) is 0 Å². The van der Waals surface area contributed by atoms with Crippen molar-refractivity contribution in [2.45, 2.75) is 25.0 Å². The third-order valence-electron chi connectivity index (χ3n) is 2.50. The molecular formula is C9H18O5Si. The van der Waals surface area contributed by atoms with Gasteiger partial charge >= 0.3 is 8.80 Å². The minimum atomic E-state index is -2.57. The van der Waals surface area contributed by atoms with E-state index in [9.17, 15) is 4.79 Å². The topological polar surface area (TPSA) is 57.3 Å². The van der Waals surface area contributed by atoms with E-state index in [1.54, 1.807) is 21.3 Å². The summed E-state index contributed by atoms with van der Waals surface area (Å²) in [6.45, 7) is 0.715. The highest BCUT2D eigenvalue weighted by molar-refractivity contribution is 6.60. The zero-order chi connectivity index (χ0) is 11.3. The van der Waals surface area contributed by atoms with Crippen LogP contribution in [0.3, 0.4) is 0 Å². The summed E-state index contributed by atoms with van der Waals surface area (Å²) >= 11 is 0.